The third-order valence-electron chi connectivity index (χ3n) is 2.29. The Morgan fingerprint density at radius 1 is 1.37 bits per heavy atom. The summed E-state index contributed by atoms with van der Waals surface area (Å²) in [6.07, 6.45) is 0.288. The van der Waals surface area contributed by atoms with E-state index >= 15 is 0 Å². The lowest BCUT2D eigenvalue weighted by atomic mass is 10.3. The molecule has 0 heterocycles. The van der Waals surface area contributed by atoms with Gasteiger partial charge in [0.15, 0.2) is 9.84 Å². The zero-order chi connectivity index (χ0) is 14.5. The zero-order valence-corrected chi connectivity index (χ0v) is 11.9. The van der Waals surface area contributed by atoms with Crippen molar-refractivity contribution in [1.29, 1.82) is 0 Å². The molecule has 0 aliphatic carbocycles. The highest BCUT2D eigenvalue weighted by atomic mass is 35.5. The molecule has 1 rings (SSSR count). The SMILES string of the molecule is CCOc1cc([N+](=O)[O-])cc(S(=O)(=O)CCCCl)c1. The molecule has 0 N–H and O–H groups in total. The molecule has 8 heteroatoms. The van der Waals surface area contributed by atoms with E-state index < -0.39 is 14.8 Å². The molecule has 0 aliphatic rings. The molecule has 19 heavy (non-hydrogen) atoms. The number of ether oxygens (including phenoxy) is 1. The van der Waals surface area contributed by atoms with Crippen molar-refractivity contribution in [2.24, 2.45) is 0 Å². The molecular weight excluding hydrogens is 294 g/mol. The van der Waals surface area contributed by atoms with E-state index in [1.165, 1.54) is 12.1 Å². The molecule has 1 aromatic carbocycles. The van der Waals surface area contributed by atoms with Gasteiger partial charge in [0.25, 0.3) is 5.69 Å². The minimum atomic E-state index is -3.59. The molecule has 0 radical (unpaired) electrons. The van der Waals surface area contributed by atoms with Crippen LogP contribution in [-0.4, -0.2) is 31.6 Å². The van der Waals surface area contributed by atoms with Gasteiger partial charge in [-0.15, -0.1) is 11.6 Å². The van der Waals surface area contributed by atoms with Crippen molar-refractivity contribution in [3.05, 3.63) is 28.3 Å². The maximum atomic E-state index is 12.0. The molecule has 0 saturated heterocycles. The average molecular weight is 308 g/mol. The molecule has 0 aliphatic heterocycles. The molecule has 0 saturated carbocycles. The van der Waals surface area contributed by atoms with Crippen molar-refractivity contribution >= 4 is 27.1 Å². The van der Waals surface area contributed by atoms with Crippen molar-refractivity contribution in [3.63, 3.8) is 0 Å². The van der Waals surface area contributed by atoms with Crippen molar-refractivity contribution in [2.75, 3.05) is 18.2 Å². The Morgan fingerprint density at radius 3 is 2.58 bits per heavy atom. The van der Waals surface area contributed by atoms with Gasteiger partial charge in [0, 0.05) is 11.9 Å². The van der Waals surface area contributed by atoms with Crippen LogP contribution in [0, 0.1) is 10.1 Å². The zero-order valence-electron chi connectivity index (χ0n) is 10.3. The molecular formula is C11H14ClNO5S. The molecule has 0 spiro atoms. The van der Waals surface area contributed by atoms with Gasteiger partial charge in [-0.3, -0.25) is 10.1 Å². The first-order valence-electron chi connectivity index (χ1n) is 5.61. The van der Waals surface area contributed by atoms with Crippen molar-refractivity contribution < 1.29 is 18.1 Å². The Labute approximate surface area is 116 Å². The van der Waals surface area contributed by atoms with Crippen LogP contribution in [0.1, 0.15) is 13.3 Å². The highest BCUT2D eigenvalue weighted by Gasteiger charge is 2.20. The highest BCUT2D eigenvalue weighted by Crippen LogP contribution is 2.26. The molecule has 0 amide bonds. The molecule has 0 unspecified atom stereocenters. The lowest BCUT2D eigenvalue weighted by molar-refractivity contribution is -0.385. The van der Waals surface area contributed by atoms with Crippen molar-refractivity contribution in [2.45, 2.75) is 18.2 Å². The lowest BCUT2D eigenvalue weighted by Crippen LogP contribution is -2.08. The number of non-ortho nitro benzene ring substituents is 1. The fourth-order valence-corrected chi connectivity index (χ4v) is 3.10. The summed E-state index contributed by atoms with van der Waals surface area (Å²) >= 11 is 5.46. The van der Waals surface area contributed by atoms with E-state index in [0.29, 0.717) is 6.61 Å². The highest BCUT2D eigenvalue weighted by molar-refractivity contribution is 7.91. The van der Waals surface area contributed by atoms with E-state index in [1.807, 2.05) is 0 Å². The summed E-state index contributed by atoms with van der Waals surface area (Å²) in [5, 5.41) is 10.8. The first-order chi connectivity index (χ1) is 8.90. The predicted molar refractivity (Wildman–Crippen MR) is 71.7 cm³/mol. The van der Waals surface area contributed by atoms with Crippen LogP contribution in [0.15, 0.2) is 23.1 Å². The number of nitrogens with zero attached hydrogens (tertiary/aromatic N) is 1. The number of benzene rings is 1. The standard InChI is InChI=1S/C11H14ClNO5S/c1-2-18-10-6-9(13(14)15)7-11(8-10)19(16,17)5-3-4-12/h6-8H,2-5H2,1H3. The monoisotopic (exact) mass is 307 g/mol. The smallest absolute Gasteiger partial charge is 0.274 e. The fraction of sp³-hybridized carbons (Fsp3) is 0.455. The summed E-state index contributed by atoms with van der Waals surface area (Å²) in [7, 11) is -3.59. The second-order valence-corrected chi connectivity index (χ2v) is 6.20. The number of hydrogen-bond donors (Lipinski definition) is 0. The molecule has 6 nitrogen and oxygen atoms in total. The molecule has 1 aromatic rings. The van der Waals surface area contributed by atoms with Crippen molar-refractivity contribution in [3.8, 4) is 5.75 Å². The number of nitro groups is 1. The Bertz CT molecular complexity index is 558. The van der Waals surface area contributed by atoms with E-state index in [-0.39, 0.29) is 34.4 Å². The van der Waals surface area contributed by atoms with Crippen LogP contribution in [0.2, 0.25) is 0 Å². The third kappa shape index (κ3) is 4.36. The number of halogens is 1. The summed E-state index contributed by atoms with van der Waals surface area (Å²) in [6.45, 7) is 2.00. The normalized spacial score (nSPS) is 11.3. The maximum Gasteiger partial charge on any atom is 0.274 e. The summed E-state index contributed by atoms with van der Waals surface area (Å²) in [6, 6.07) is 3.52. The van der Waals surface area contributed by atoms with E-state index in [1.54, 1.807) is 6.92 Å². The Morgan fingerprint density at radius 2 is 2.05 bits per heavy atom. The first-order valence-corrected chi connectivity index (χ1v) is 7.80. The van der Waals surface area contributed by atoms with Gasteiger partial charge in [0.05, 0.1) is 28.2 Å². The summed E-state index contributed by atoms with van der Waals surface area (Å²) in [5.41, 5.74) is -0.310. The van der Waals surface area contributed by atoms with Gasteiger partial charge >= 0.3 is 0 Å². The van der Waals surface area contributed by atoms with Gasteiger partial charge in [-0.05, 0) is 19.4 Å². The van der Waals surface area contributed by atoms with Gasteiger partial charge < -0.3 is 4.74 Å². The Kier molecular flexibility index (Phi) is 5.56. The third-order valence-corrected chi connectivity index (χ3v) is 4.34. The largest absolute Gasteiger partial charge is 0.494 e. The van der Waals surface area contributed by atoms with Gasteiger partial charge in [-0.2, -0.15) is 0 Å². The second kappa shape index (κ2) is 6.72. The number of rotatable bonds is 7. The van der Waals surface area contributed by atoms with Crippen LogP contribution in [0.25, 0.3) is 0 Å². The van der Waals surface area contributed by atoms with E-state index in [0.717, 1.165) is 6.07 Å². The maximum absolute atomic E-state index is 12.0. The average Bonchev–Trinajstić information content (AvgIpc) is 2.36. The molecule has 0 aromatic heterocycles. The molecule has 0 atom stereocenters. The lowest BCUT2D eigenvalue weighted by Gasteiger charge is -2.07. The van der Waals surface area contributed by atoms with Crippen LogP contribution in [0.4, 0.5) is 5.69 Å². The van der Waals surface area contributed by atoms with Crippen LogP contribution in [0.3, 0.4) is 0 Å². The van der Waals surface area contributed by atoms with Crippen molar-refractivity contribution in [1.82, 2.24) is 0 Å². The first kappa shape index (κ1) is 15.7. The van der Waals surface area contributed by atoms with Gasteiger partial charge in [-0.1, -0.05) is 0 Å². The van der Waals surface area contributed by atoms with Gasteiger partial charge in [-0.25, -0.2) is 8.42 Å². The van der Waals surface area contributed by atoms with Crippen LogP contribution < -0.4 is 4.74 Å². The number of alkyl halides is 1. The van der Waals surface area contributed by atoms with E-state index in [9.17, 15) is 18.5 Å². The van der Waals surface area contributed by atoms with E-state index in [2.05, 4.69) is 0 Å². The number of sulfone groups is 1. The minimum absolute atomic E-state index is 0.115. The number of hydrogen-bond acceptors (Lipinski definition) is 5. The second-order valence-electron chi connectivity index (χ2n) is 3.71. The topological polar surface area (TPSA) is 86.5 Å². The Balaban J connectivity index is 3.22. The number of nitro benzene ring substituents is 1. The Hall–Kier alpha value is -1.34. The quantitative estimate of drug-likeness (QED) is 0.438. The van der Waals surface area contributed by atoms with Crippen LogP contribution in [-0.2, 0) is 9.84 Å². The molecule has 0 fully saturated rings. The fourth-order valence-electron chi connectivity index (χ4n) is 1.45. The van der Waals surface area contributed by atoms with Gasteiger partial charge in [0.1, 0.15) is 5.75 Å². The predicted octanol–water partition coefficient (Wildman–Crippen LogP) is 2.40. The van der Waals surface area contributed by atoms with E-state index in [4.69, 9.17) is 16.3 Å². The van der Waals surface area contributed by atoms with Crippen LogP contribution >= 0.6 is 11.6 Å². The summed E-state index contributed by atoms with van der Waals surface area (Å²) in [4.78, 5) is 10.0. The molecule has 106 valence electrons. The minimum Gasteiger partial charge on any atom is -0.494 e. The summed E-state index contributed by atoms with van der Waals surface area (Å²) in [5.74, 6) is 0.233. The van der Waals surface area contributed by atoms with Gasteiger partial charge in [0.2, 0.25) is 0 Å². The molecule has 0 bridgehead atoms. The van der Waals surface area contributed by atoms with Crippen LogP contribution in [0.5, 0.6) is 5.75 Å². The summed E-state index contributed by atoms with van der Waals surface area (Å²) < 4.78 is 29.1.